The molecule has 1 aromatic rings. The van der Waals surface area contributed by atoms with Gasteiger partial charge in [-0.15, -0.1) is 0 Å². The van der Waals surface area contributed by atoms with E-state index < -0.39 is 21.4 Å². The van der Waals surface area contributed by atoms with E-state index in [0.29, 0.717) is 5.56 Å². The van der Waals surface area contributed by atoms with Gasteiger partial charge < -0.3 is 9.29 Å². The van der Waals surface area contributed by atoms with Gasteiger partial charge in [-0.2, -0.15) is 21.6 Å². The Balaban J connectivity index is 3.07. The second-order valence-electron chi connectivity index (χ2n) is 2.99. The fraction of sp³-hybridized carbons (Fsp3) is 0.250. The van der Waals surface area contributed by atoms with Crippen molar-refractivity contribution in [3.8, 4) is 11.5 Å². The van der Waals surface area contributed by atoms with Crippen molar-refractivity contribution in [3.63, 3.8) is 0 Å². The maximum absolute atomic E-state index is 11.9. The number of phenols is 1. The molecule has 90 valence electrons. The third-order valence-corrected chi connectivity index (χ3v) is 2.50. The molecule has 0 saturated carbocycles. The lowest BCUT2D eigenvalue weighted by Crippen LogP contribution is -2.28. The zero-order valence-electron chi connectivity index (χ0n) is 7.95. The van der Waals surface area contributed by atoms with Crippen LogP contribution in [0.25, 0.3) is 0 Å². The fourth-order valence-corrected chi connectivity index (χ4v) is 1.39. The van der Waals surface area contributed by atoms with Crippen LogP contribution in [0.5, 0.6) is 11.5 Å². The summed E-state index contributed by atoms with van der Waals surface area (Å²) in [6.45, 7) is 1.47. The monoisotopic (exact) mass is 256 g/mol. The topological polar surface area (TPSA) is 63.6 Å². The highest BCUT2D eigenvalue weighted by Gasteiger charge is 2.48. The minimum absolute atomic E-state index is 0.368. The van der Waals surface area contributed by atoms with Crippen molar-refractivity contribution in [1.82, 2.24) is 0 Å². The smallest absolute Gasteiger partial charge is 0.508 e. The molecule has 0 amide bonds. The summed E-state index contributed by atoms with van der Waals surface area (Å²) in [5.41, 5.74) is -5.13. The van der Waals surface area contributed by atoms with Crippen molar-refractivity contribution in [2.24, 2.45) is 0 Å². The van der Waals surface area contributed by atoms with Gasteiger partial charge in [0, 0.05) is 6.07 Å². The summed E-state index contributed by atoms with van der Waals surface area (Å²) >= 11 is 0. The maximum Gasteiger partial charge on any atom is 0.534 e. The number of alkyl halides is 3. The molecule has 0 aliphatic carbocycles. The number of aromatic hydroxyl groups is 1. The quantitative estimate of drug-likeness (QED) is 0.648. The molecule has 0 aliphatic heterocycles. The molecule has 0 atom stereocenters. The molecule has 0 radical (unpaired) electrons. The molecule has 8 heteroatoms. The summed E-state index contributed by atoms with van der Waals surface area (Å²) in [5.74, 6) is -0.970. The summed E-state index contributed by atoms with van der Waals surface area (Å²) in [4.78, 5) is 0. The van der Waals surface area contributed by atoms with Crippen LogP contribution in [0.3, 0.4) is 0 Å². The fourth-order valence-electron chi connectivity index (χ4n) is 0.950. The Morgan fingerprint density at radius 1 is 1.25 bits per heavy atom. The molecule has 1 rings (SSSR count). The van der Waals surface area contributed by atoms with E-state index in [0.717, 1.165) is 12.1 Å². The van der Waals surface area contributed by atoms with Crippen molar-refractivity contribution in [2.75, 3.05) is 0 Å². The summed E-state index contributed by atoms with van der Waals surface area (Å²) in [6, 6.07) is 3.08. The predicted octanol–water partition coefficient (Wildman–Crippen LogP) is 1.93. The molecule has 0 aliphatic rings. The van der Waals surface area contributed by atoms with Crippen molar-refractivity contribution in [2.45, 2.75) is 12.4 Å². The predicted molar refractivity (Wildman–Crippen MR) is 48.4 cm³/mol. The molecule has 16 heavy (non-hydrogen) atoms. The van der Waals surface area contributed by atoms with E-state index in [1.807, 2.05) is 0 Å². The van der Waals surface area contributed by atoms with Crippen LogP contribution in [0.15, 0.2) is 18.2 Å². The third kappa shape index (κ3) is 2.78. The second kappa shape index (κ2) is 3.85. The minimum Gasteiger partial charge on any atom is -0.508 e. The first-order valence-corrected chi connectivity index (χ1v) is 5.34. The minimum atomic E-state index is -5.70. The van der Waals surface area contributed by atoms with Gasteiger partial charge in [-0.05, 0) is 24.6 Å². The number of hydrogen-bond acceptors (Lipinski definition) is 4. The Hall–Kier alpha value is -1.44. The Morgan fingerprint density at radius 2 is 1.81 bits per heavy atom. The number of hydrogen-bond donors (Lipinski definition) is 1. The lowest BCUT2D eigenvalue weighted by molar-refractivity contribution is -0.0500. The average Bonchev–Trinajstić information content (AvgIpc) is 1.97. The van der Waals surface area contributed by atoms with Crippen LogP contribution in [0.4, 0.5) is 13.2 Å². The van der Waals surface area contributed by atoms with Crippen molar-refractivity contribution < 1.29 is 30.9 Å². The van der Waals surface area contributed by atoms with E-state index in [1.165, 1.54) is 13.0 Å². The van der Waals surface area contributed by atoms with Crippen LogP contribution in [0.2, 0.25) is 0 Å². The molecule has 1 aromatic carbocycles. The zero-order chi connectivity index (χ0) is 12.6. The van der Waals surface area contributed by atoms with Gasteiger partial charge in [0.05, 0.1) is 0 Å². The van der Waals surface area contributed by atoms with E-state index in [2.05, 4.69) is 4.18 Å². The van der Waals surface area contributed by atoms with Crippen LogP contribution in [0.1, 0.15) is 5.56 Å². The number of phenolic OH excluding ortho intramolecular Hbond substituents is 1. The molecule has 0 bridgehead atoms. The summed E-state index contributed by atoms with van der Waals surface area (Å²) in [6.07, 6.45) is 0. The number of halogens is 3. The van der Waals surface area contributed by atoms with E-state index in [1.54, 1.807) is 0 Å². The number of benzene rings is 1. The van der Waals surface area contributed by atoms with Gasteiger partial charge in [-0.1, -0.05) is 0 Å². The lowest BCUT2D eigenvalue weighted by atomic mass is 10.2. The standard InChI is InChI=1S/C8H7F3O4S/c1-5-2-6(12)4-7(3-5)15-16(13,14)8(9,10)11/h2-4,12H,1H3. The molecule has 1 N–H and O–H groups in total. The van der Waals surface area contributed by atoms with Gasteiger partial charge in [-0.3, -0.25) is 0 Å². The highest BCUT2D eigenvalue weighted by atomic mass is 32.2. The van der Waals surface area contributed by atoms with Gasteiger partial charge in [0.25, 0.3) is 0 Å². The first-order valence-electron chi connectivity index (χ1n) is 3.93. The van der Waals surface area contributed by atoms with Crippen LogP contribution in [-0.4, -0.2) is 19.0 Å². The molecule has 4 nitrogen and oxygen atoms in total. The van der Waals surface area contributed by atoms with Gasteiger partial charge in [0.15, 0.2) is 0 Å². The Morgan fingerprint density at radius 3 is 2.25 bits per heavy atom. The van der Waals surface area contributed by atoms with E-state index in [4.69, 9.17) is 5.11 Å². The Bertz CT molecular complexity index is 472. The molecular weight excluding hydrogens is 249 g/mol. The molecule has 0 unspecified atom stereocenters. The number of rotatable bonds is 2. The number of aryl methyl sites for hydroxylation is 1. The van der Waals surface area contributed by atoms with E-state index in [-0.39, 0.29) is 5.75 Å². The second-order valence-corrected chi connectivity index (χ2v) is 4.53. The van der Waals surface area contributed by atoms with Gasteiger partial charge in [0.2, 0.25) is 0 Å². The van der Waals surface area contributed by atoms with Crippen molar-refractivity contribution >= 4 is 10.1 Å². The van der Waals surface area contributed by atoms with Gasteiger partial charge >= 0.3 is 15.6 Å². The Kier molecular flexibility index (Phi) is 3.04. The molecular formula is C8H7F3O4S. The highest BCUT2D eigenvalue weighted by molar-refractivity contribution is 7.87. The normalized spacial score (nSPS) is 12.5. The molecule has 0 heterocycles. The van der Waals surface area contributed by atoms with E-state index >= 15 is 0 Å². The maximum atomic E-state index is 11.9. The average molecular weight is 256 g/mol. The van der Waals surface area contributed by atoms with Crippen LogP contribution in [-0.2, 0) is 10.1 Å². The molecule has 0 aromatic heterocycles. The first kappa shape index (κ1) is 12.6. The van der Waals surface area contributed by atoms with Gasteiger partial charge in [-0.25, -0.2) is 0 Å². The first-order chi connectivity index (χ1) is 7.12. The lowest BCUT2D eigenvalue weighted by Gasteiger charge is -2.09. The molecule has 0 spiro atoms. The zero-order valence-corrected chi connectivity index (χ0v) is 8.76. The SMILES string of the molecule is Cc1cc(O)cc(OS(=O)(=O)C(F)(F)F)c1. The van der Waals surface area contributed by atoms with Crippen LogP contribution in [0, 0.1) is 6.92 Å². The summed E-state index contributed by atoms with van der Waals surface area (Å²) in [5, 5.41) is 9.04. The van der Waals surface area contributed by atoms with Crippen LogP contribution >= 0.6 is 0 Å². The summed E-state index contributed by atoms with van der Waals surface area (Å²) in [7, 11) is -5.70. The van der Waals surface area contributed by atoms with E-state index in [9.17, 15) is 21.6 Å². The largest absolute Gasteiger partial charge is 0.534 e. The van der Waals surface area contributed by atoms with Crippen LogP contribution < -0.4 is 4.18 Å². The molecule has 0 fully saturated rings. The third-order valence-electron chi connectivity index (χ3n) is 1.53. The van der Waals surface area contributed by atoms with Crippen molar-refractivity contribution in [3.05, 3.63) is 23.8 Å². The summed E-state index contributed by atoms with van der Waals surface area (Å²) < 4.78 is 60.9. The Labute approximate surface area is 89.4 Å². The highest BCUT2D eigenvalue weighted by Crippen LogP contribution is 2.29. The van der Waals surface area contributed by atoms with Gasteiger partial charge in [0.1, 0.15) is 11.5 Å². The van der Waals surface area contributed by atoms with Crippen molar-refractivity contribution in [1.29, 1.82) is 0 Å². The molecule has 0 saturated heterocycles.